The number of rotatable bonds is 7. The molecule has 2 aromatic rings. The second kappa shape index (κ2) is 7.10. The molecule has 0 saturated heterocycles. The summed E-state index contributed by atoms with van der Waals surface area (Å²) in [5, 5.41) is 0.944. The van der Waals surface area contributed by atoms with Crippen molar-refractivity contribution in [2.24, 2.45) is 5.73 Å². The Morgan fingerprint density at radius 3 is 2.80 bits per heavy atom. The van der Waals surface area contributed by atoms with Crippen LogP contribution in [-0.4, -0.2) is 24.1 Å². The molecule has 4 heteroatoms. The monoisotopic (exact) mass is 274 g/mol. The Bertz CT molecular complexity index is 575. The van der Waals surface area contributed by atoms with Crippen LogP contribution in [0.2, 0.25) is 0 Å². The number of esters is 1. The minimum Gasteiger partial charge on any atom is -0.462 e. The molecule has 2 rings (SSSR count). The van der Waals surface area contributed by atoms with Crippen molar-refractivity contribution in [1.82, 2.24) is 4.98 Å². The van der Waals surface area contributed by atoms with Gasteiger partial charge in [0.2, 0.25) is 0 Å². The molecule has 4 nitrogen and oxygen atoms in total. The number of unbranched alkanes of at least 4 members (excludes halogenated alkanes) is 2. The van der Waals surface area contributed by atoms with Crippen LogP contribution in [0.1, 0.15) is 42.2 Å². The molecule has 0 fully saturated rings. The number of H-pyrrole nitrogens is 1. The van der Waals surface area contributed by atoms with Gasteiger partial charge in [0, 0.05) is 16.6 Å². The van der Waals surface area contributed by atoms with E-state index >= 15 is 0 Å². The van der Waals surface area contributed by atoms with E-state index in [4.69, 9.17) is 10.5 Å². The van der Waals surface area contributed by atoms with Crippen molar-refractivity contribution < 1.29 is 9.53 Å². The largest absolute Gasteiger partial charge is 0.462 e. The lowest BCUT2D eigenvalue weighted by atomic mass is 10.1. The summed E-state index contributed by atoms with van der Waals surface area (Å²) in [6.45, 7) is 2.94. The molecule has 108 valence electrons. The number of carbonyl (C=O) groups is 1. The molecule has 3 N–H and O–H groups in total. The molecular weight excluding hydrogens is 252 g/mol. The van der Waals surface area contributed by atoms with E-state index in [0.717, 1.165) is 48.8 Å². The van der Waals surface area contributed by atoms with E-state index < -0.39 is 0 Å². The summed E-state index contributed by atoms with van der Waals surface area (Å²) in [6.07, 6.45) is 3.97. The zero-order valence-corrected chi connectivity index (χ0v) is 11.9. The summed E-state index contributed by atoms with van der Waals surface area (Å²) in [6, 6.07) is 7.85. The summed E-state index contributed by atoms with van der Waals surface area (Å²) in [5.74, 6) is -0.237. The second-order valence-corrected chi connectivity index (χ2v) is 4.84. The third kappa shape index (κ3) is 3.20. The van der Waals surface area contributed by atoms with Gasteiger partial charge in [0.15, 0.2) is 0 Å². The summed E-state index contributed by atoms with van der Waals surface area (Å²) < 4.78 is 5.18. The molecule has 0 bridgehead atoms. The summed E-state index contributed by atoms with van der Waals surface area (Å²) in [4.78, 5) is 15.5. The first kappa shape index (κ1) is 14.6. The van der Waals surface area contributed by atoms with Gasteiger partial charge in [0.25, 0.3) is 0 Å². The normalized spacial score (nSPS) is 10.9. The maximum Gasteiger partial charge on any atom is 0.340 e. The number of benzene rings is 1. The van der Waals surface area contributed by atoms with Crippen LogP contribution in [0.25, 0.3) is 10.9 Å². The lowest BCUT2D eigenvalue weighted by Gasteiger charge is -2.04. The number of fused-ring (bicyclic) bond motifs is 1. The number of ether oxygens (including phenoxy) is 1. The van der Waals surface area contributed by atoms with Crippen molar-refractivity contribution in [3.05, 3.63) is 35.5 Å². The fourth-order valence-electron chi connectivity index (χ4n) is 2.44. The Morgan fingerprint density at radius 1 is 1.25 bits per heavy atom. The number of nitrogens with two attached hydrogens (primary N) is 1. The zero-order valence-electron chi connectivity index (χ0n) is 11.9. The van der Waals surface area contributed by atoms with Gasteiger partial charge < -0.3 is 15.5 Å². The average Bonchev–Trinajstić information content (AvgIpc) is 2.82. The predicted octanol–water partition coefficient (Wildman–Crippen LogP) is 3.02. The van der Waals surface area contributed by atoms with Crippen LogP contribution in [-0.2, 0) is 11.2 Å². The third-order valence-corrected chi connectivity index (χ3v) is 3.39. The molecule has 1 heterocycles. The third-order valence-electron chi connectivity index (χ3n) is 3.39. The first-order valence-electron chi connectivity index (χ1n) is 7.24. The predicted molar refractivity (Wildman–Crippen MR) is 80.9 cm³/mol. The van der Waals surface area contributed by atoms with Gasteiger partial charge in [-0.05, 0) is 38.8 Å². The molecule has 0 saturated carbocycles. The Hall–Kier alpha value is -1.81. The number of hydrogen-bond acceptors (Lipinski definition) is 3. The van der Waals surface area contributed by atoms with Gasteiger partial charge in [-0.2, -0.15) is 0 Å². The highest BCUT2D eigenvalue weighted by Gasteiger charge is 2.18. The minimum atomic E-state index is -0.237. The zero-order chi connectivity index (χ0) is 14.4. The van der Waals surface area contributed by atoms with Crippen LogP contribution < -0.4 is 5.73 Å². The van der Waals surface area contributed by atoms with Gasteiger partial charge in [0.05, 0.1) is 12.2 Å². The first-order valence-corrected chi connectivity index (χ1v) is 7.24. The number of hydrogen-bond donors (Lipinski definition) is 2. The highest BCUT2D eigenvalue weighted by molar-refractivity contribution is 6.05. The maximum absolute atomic E-state index is 12.2. The highest BCUT2D eigenvalue weighted by Crippen LogP contribution is 2.24. The number of aromatic amines is 1. The maximum atomic E-state index is 12.2. The standard InChI is InChI=1S/C16H22N2O2/c1-2-20-16(19)15-12-8-5-6-9-13(12)18-14(15)10-4-3-7-11-17/h5-6,8-9,18H,2-4,7,10-11,17H2,1H3. The van der Waals surface area contributed by atoms with Crippen molar-refractivity contribution in [1.29, 1.82) is 0 Å². The molecule has 0 aliphatic carbocycles. The molecule has 0 spiro atoms. The molecule has 1 aromatic heterocycles. The molecule has 0 aliphatic rings. The molecule has 0 aliphatic heterocycles. The van der Waals surface area contributed by atoms with E-state index in [9.17, 15) is 4.79 Å². The number of carbonyl (C=O) groups excluding carboxylic acids is 1. The Kier molecular flexibility index (Phi) is 5.18. The Morgan fingerprint density at radius 2 is 2.05 bits per heavy atom. The second-order valence-electron chi connectivity index (χ2n) is 4.84. The van der Waals surface area contributed by atoms with Crippen molar-refractivity contribution >= 4 is 16.9 Å². The quantitative estimate of drug-likeness (QED) is 0.602. The van der Waals surface area contributed by atoms with Crippen molar-refractivity contribution in [3.63, 3.8) is 0 Å². The number of para-hydroxylation sites is 1. The fourth-order valence-corrected chi connectivity index (χ4v) is 2.44. The van der Waals surface area contributed by atoms with Gasteiger partial charge >= 0.3 is 5.97 Å². The summed E-state index contributed by atoms with van der Waals surface area (Å²) in [7, 11) is 0. The van der Waals surface area contributed by atoms with E-state index in [-0.39, 0.29) is 5.97 Å². The SMILES string of the molecule is CCOC(=O)c1c(CCCCCN)[nH]c2ccccc12. The van der Waals surface area contributed by atoms with E-state index in [2.05, 4.69) is 4.98 Å². The van der Waals surface area contributed by atoms with Crippen molar-refractivity contribution in [3.8, 4) is 0 Å². The van der Waals surface area contributed by atoms with Crippen molar-refractivity contribution in [2.75, 3.05) is 13.2 Å². The van der Waals surface area contributed by atoms with Crippen LogP contribution in [0, 0.1) is 0 Å². The number of nitrogens with one attached hydrogen (secondary N) is 1. The van der Waals surface area contributed by atoms with Crippen LogP contribution in [0.3, 0.4) is 0 Å². The lowest BCUT2D eigenvalue weighted by Crippen LogP contribution is -2.07. The Labute approximate surface area is 119 Å². The molecule has 0 amide bonds. The van der Waals surface area contributed by atoms with Crippen LogP contribution in [0.4, 0.5) is 0 Å². The minimum absolute atomic E-state index is 0.237. The van der Waals surface area contributed by atoms with Crippen LogP contribution in [0.15, 0.2) is 24.3 Å². The smallest absolute Gasteiger partial charge is 0.340 e. The van der Waals surface area contributed by atoms with E-state index in [1.54, 1.807) is 0 Å². The van der Waals surface area contributed by atoms with Gasteiger partial charge in [-0.25, -0.2) is 4.79 Å². The van der Waals surface area contributed by atoms with E-state index in [0.29, 0.717) is 12.2 Å². The molecule has 0 radical (unpaired) electrons. The molecule has 20 heavy (non-hydrogen) atoms. The van der Waals surface area contributed by atoms with E-state index in [1.165, 1.54) is 0 Å². The first-order chi connectivity index (χ1) is 9.77. The topological polar surface area (TPSA) is 68.1 Å². The number of aryl methyl sites for hydroxylation is 1. The fraction of sp³-hybridized carbons (Fsp3) is 0.438. The van der Waals surface area contributed by atoms with Gasteiger partial charge in [-0.15, -0.1) is 0 Å². The highest BCUT2D eigenvalue weighted by atomic mass is 16.5. The molecule has 1 aromatic carbocycles. The molecular formula is C16H22N2O2. The van der Waals surface area contributed by atoms with Gasteiger partial charge in [-0.3, -0.25) is 0 Å². The summed E-state index contributed by atoms with van der Waals surface area (Å²) >= 11 is 0. The average molecular weight is 274 g/mol. The Balaban J connectivity index is 2.27. The van der Waals surface area contributed by atoms with E-state index in [1.807, 2.05) is 31.2 Å². The van der Waals surface area contributed by atoms with Gasteiger partial charge in [0.1, 0.15) is 0 Å². The van der Waals surface area contributed by atoms with Crippen molar-refractivity contribution in [2.45, 2.75) is 32.6 Å². The molecule has 0 atom stereocenters. The van der Waals surface area contributed by atoms with Gasteiger partial charge in [-0.1, -0.05) is 24.6 Å². The lowest BCUT2D eigenvalue weighted by molar-refractivity contribution is 0.0527. The van der Waals surface area contributed by atoms with Crippen LogP contribution >= 0.6 is 0 Å². The van der Waals surface area contributed by atoms with Crippen LogP contribution in [0.5, 0.6) is 0 Å². The summed E-state index contributed by atoms with van der Waals surface area (Å²) in [5.41, 5.74) is 8.16. The number of aromatic nitrogens is 1. The molecule has 0 unspecified atom stereocenters.